The summed E-state index contributed by atoms with van der Waals surface area (Å²) in [5.74, 6) is 0. The fourth-order valence-electron chi connectivity index (χ4n) is 1.56. The Morgan fingerprint density at radius 3 is 2.60 bits per heavy atom. The van der Waals surface area contributed by atoms with Gasteiger partial charge in [-0.3, -0.25) is 0 Å². The van der Waals surface area contributed by atoms with Crippen LogP contribution in [0.15, 0.2) is 40.2 Å². The lowest BCUT2D eigenvalue weighted by Crippen LogP contribution is -1.76. The highest BCUT2D eigenvalue weighted by molar-refractivity contribution is 9.10. The summed E-state index contributed by atoms with van der Waals surface area (Å²) in [4.78, 5) is 1.37. The third kappa shape index (κ3) is 2.70. The Hall–Kier alpha value is -0.600. The third-order valence-corrected chi connectivity index (χ3v) is 3.88. The monoisotopic (exact) mass is 280 g/mol. The van der Waals surface area contributed by atoms with Crippen molar-refractivity contribution in [3.05, 3.63) is 45.7 Å². The highest BCUT2D eigenvalue weighted by Gasteiger charge is 2.01. The molecular weight excluding hydrogens is 268 g/mol. The van der Waals surface area contributed by atoms with Crippen LogP contribution >= 0.6 is 27.3 Å². The number of hydrogen-bond donors (Lipinski definition) is 0. The first-order chi connectivity index (χ1) is 7.29. The van der Waals surface area contributed by atoms with Crippen LogP contribution < -0.4 is 0 Å². The van der Waals surface area contributed by atoms with Gasteiger partial charge < -0.3 is 0 Å². The molecule has 0 saturated heterocycles. The zero-order valence-electron chi connectivity index (χ0n) is 8.66. The molecule has 0 N–H and O–H groups in total. The topological polar surface area (TPSA) is 0 Å². The number of halogens is 1. The van der Waals surface area contributed by atoms with E-state index in [-0.39, 0.29) is 0 Å². The van der Waals surface area contributed by atoms with E-state index in [4.69, 9.17) is 0 Å². The molecule has 2 heteroatoms. The number of aryl methyl sites for hydroxylation is 1. The fourth-order valence-corrected chi connectivity index (χ4v) is 2.78. The fraction of sp³-hybridized carbons (Fsp3) is 0.231. The van der Waals surface area contributed by atoms with Crippen molar-refractivity contribution in [2.24, 2.45) is 0 Å². The summed E-state index contributed by atoms with van der Waals surface area (Å²) in [6.07, 6.45) is 2.41. The van der Waals surface area contributed by atoms with Gasteiger partial charge in [-0.25, -0.2) is 0 Å². The van der Waals surface area contributed by atoms with E-state index in [1.54, 1.807) is 0 Å². The van der Waals surface area contributed by atoms with Crippen molar-refractivity contribution in [2.45, 2.75) is 19.8 Å². The predicted molar refractivity (Wildman–Crippen MR) is 71.5 cm³/mol. The first kappa shape index (κ1) is 10.9. The molecule has 0 bridgehead atoms. The highest BCUT2D eigenvalue weighted by atomic mass is 79.9. The molecule has 2 rings (SSSR count). The molecule has 0 spiro atoms. The summed E-state index contributed by atoms with van der Waals surface area (Å²) in [7, 11) is 0. The number of rotatable bonds is 3. The molecule has 0 amide bonds. The van der Waals surface area contributed by atoms with Crippen LogP contribution in [-0.2, 0) is 6.42 Å². The van der Waals surface area contributed by atoms with Gasteiger partial charge in [-0.1, -0.05) is 41.4 Å². The number of benzene rings is 1. The Kier molecular flexibility index (Phi) is 3.60. The van der Waals surface area contributed by atoms with E-state index >= 15 is 0 Å². The zero-order chi connectivity index (χ0) is 10.7. The standard InChI is InChI=1S/C13H13BrS/c1-2-3-10-8-13(15-9-10)11-4-6-12(14)7-5-11/h4-9H,2-3H2,1H3. The molecule has 0 radical (unpaired) electrons. The summed E-state index contributed by atoms with van der Waals surface area (Å²) >= 11 is 5.28. The minimum absolute atomic E-state index is 1.14. The van der Waals surface area contributed by atoms with Crippen molar-refractivity contribution in [3.8, 4) is 10.4 Å². The minimum atomic E-state index is 1.14. The number of hydrogen-bond acceptors (Lipinski definition) is 1. The molecule has 2 aromatic rings. The quantitative estimate of drug-likeness (QED) is 0.731. The maximum atomic E-state index is 3.45. The van der Waals surface area contributed by atoms with Crippen molar-refractivity contribution >= 4 is 27.3 Å². The van der Waals surface area contributed by atoms with Gasteiger partial charge in [-0.15, -0.1) is 11.3 Å². The molecule has 0 atom stereocenters. The average molecular weight is 281 g/mol. The molecule has 0 saturated carbocycles. The molecular formula is C13H13BrS. The first-order valence-electron chi connectivity index (χ1n) is 5.13. The summed E-state index contributed by atoms with van der Waals surface area (Å²) in [5, 5.41) is 2.26. The third-order valence-electron chi connectivity index (χ3n) is 2.32. The van der Waals surface area contributed by atoms with Crippen LogP contribution in [0.5, 0.6) is 0 Å². The van der Waals surface area contributed by atoms with Crippen LogP contribution in [0.2, 0.25) is 0 Å². The SMILES string of the molecule is CCCc1csc(-c2ccc(Br)cc2)c1. The molecule has 0 nitrogen and oxygen atoms in total. The van der Waals surface area contributed by atoms with E-state index in [2.05, 4.69) is 58.6 Å². The van der Waals surface area contributed by atoms with Crippen LogP contribution in [0.25, 0.3) is 10.4 Å². The van der Waals surface area contributed by atoms with Crippen molar-refractivity contribution in [1.82, 2.24) is 0 Å². The maximum absolute atomic E-state index is 3.45. The Morgan fingerprint density at radius 1 is 1.20 bits per heavy atom. The van der Waals surface area contributed by atoms with Crippen molar-refractivity contribution in [2.75, 3.05) is 0 Å². The smallest absolute Gasteiger partial charge is 0.0345 e. The first-order valence-corrected chi connectivity index (χ1v) is 6.80. The molecule has 0 aliphatic heterocycles. The van der Waals surface area contributed by atoms with Crippen LogP contribution in [0.1, 0.15) is 18.9 Å². The Balaban J connectivity index is 2.25. The van der Waals surface area contributed by atoms with E-state index in [0.29, 0.717) is 0 Å². The normalized spacial score (nSPS) is 10.5. The van der Waals surface area contributed by atoms with E-state index in [0.717, 1.165) is 4.47 Å². The summed E-state index contributed by atoms with van der Waals surface area (Å²) in [6, 6.07) is 10.8. The molecule has 78 valence electrons. The van der Waals surface area contributed by atoms with Crippen LogP contribution in [0.4, 0.5) is 0 Å². The van der Waals surface area contributed by atoms with Gasteiger partial charge in [-0.05, 0) is 41.1 Å². The van der Waals surface area contributed by atoms with E-state index in [1.807, 2.05) is 11.3 Å². The van der Waals surface area contributed by atoms with Crippen LogP contribution in [0, 0.1) is 0 Å². The highest BCUT2D eigenvalue weighted by Crippen LogP contribution is 2.28. The summed E-state index contributed by atoms with van der Waals surface area (Å²) in [6.45, 7) is 2.22. The van der Waals surface area contributed by atoms with Gasteiger partial charge in [0.2, 0.25) is 0 Å². The molecule has 0 unspecified atom stereocenters. The summed E-state index contributed by atoms with van der Waals surface area (Å²) in [5.41, 5.74) is 2.77. The molecule has 15 heavy (non-hydrogen) atoms. The minimum Gasteiger partial charge on any atom is -0.144 e. The lowest BCUT2D eigenvalue weighted by molar-refractivity contribution is 0.927. The second-order valence-corrected chi connectivity index (χ2v) is 5.40. The molecule has 1 aromatic heterocycles. The summed E-state index contributed by atoms with van der Waals surface area (Å²) < 4.78 is 1.14. The van der Waals surface area contributed by atoms with Gasteiger partial charge in [0.1, 0.15) is 0 Å². The lowest BCUT2D eigenvalue weighted by atomic mass is 10.1. The second kappa shape index (κ2) is 4.95. The van der Waals surface area contributed by atoms with Gasteiger partial charge in [0.15, 0.2) is 0 Å². The van der Waals surface area contributed by atoms with Gasteiger partial charge >= 0.3 is 0 Å². The van der Waals surface area contributed by atoms with Gasteiger partial charge in [0.05, 0.1) is 0 Å². The van der Waals surface area contributed by atoms with Gasteiger partial charge in [0, 0.05) is 9.35 Å². The molecule has 1 aromatic carbocycles. The molecule has 0 aliphatic rings. The predicted octanol–water partition coefficient (Wildman–Crippen LogP) is 5.13. The van der Waals surface area contributed by atoms with Gasteiger partial charge in [-0.2, -0.15) is 0 Å². The Labute approximate surface area is 103 Å². The van der Waals surface area contributed by atoms with Crippen LogP contribution in [0.3, 0.4) is 0 Å². The Morgan fingerprint density at radius 2 is 1.93 bits per heavy atom. The molecule has 0 fully saturated rings. The van der Waals surface area contributed by atoms with E-state index < -0.39 is 0 Å². The average Bonchev–Trinajstić information content (AvgIpc) is 2.68. The Bertz CT molecular complexity index is 428. The van der Waals surface area contributed by atoms with Crippen molar-refractivity contribution in [1.29, 1.82) is 0 Å². The maximum Gasteiger partial charge on any atom is 0.0345 e. The van der Waals surface area contributed by atoms with E-state index in [9.17, 15) is 0 Å². The van der Waals surface area contributed by atoms with E-state index in [1.165, 1.54) is 28.8 Å². The number of thiophene rings is 1. The zero-order valence-corrected chi connectivity index (χ0v) is 11.1. The largest absolute Gasteiger partial charge is 0.144 e. The van der Waals surface area contributed by atoms with Crippen LogP contribution in [-0.4, -0.2) is 0 Å². The van der Waals surface area contributed by atoms with Crippen molar-refractivity contribution in [3.63, 3.8) is 0 Å². The van der Waals surface area contributed by atoms with Crippen molar-refractivity contribution < 1.29 is 0 Å². The molecule has 1 heterocycles. The second-order valence-electron chi connectivity index (χ2n) is 3.58. The lowest BCUT2D eigenvalue weighted by Gasteiger charge is -1.96. The molecule has 0 aliphatic carbocycles. The van der Waals surface area contributed by atoms with Gasteiger partial charge in [0.25, 0.3) is 0 Å².